The number of anilines is 1. The number of amides is 1. The molecular formula is C21H28N4O4. The van der Waals surface area contributed by atoms with E-state index in [2.05, 4.69) is 5.32 Å². The van der Waals surface area contributed by atoms with Gasteiger partial charge in [0.2, 0.25) is 5.91 Å². The van der Waals surface area contributed by atoms with Crippen LogP contribution in [0.25, 0.3) is 0 Å². The van der Waals surface area contributed by atoms with Gasteiger partial charge in [0.25, 0.3) is 5.56 Å². The maximum atomic E-state index is 12.6. The first kappa shape index (κ1) is 20.7. The van der Waals surface area contributed by atoms with Gasteiger partial charge in [-0.05, 0) is 31.9 Å². The van der Waals surface area contributed by atoms with E-state index in [1.165, 1.54) is 13.1 Å². The first-order chi connectivity index (χ1) is 14.0. The smallest absolute Gasteiger partial charge is 0.332 e. The third-order valence-electron chi connectivity index (χ3n) is 5.22. The average Bonchev–Trinajstić information content (AvgIpc) is 2.75. The van der Waals surface area contributed by atoms with Crippen molar-refractivity contribution in [1.29, 1.82) is 0 Å². The van der Waals surface area contributed by atoms with Gasteiger partial charge in [0.15, 0.2) is 0 Å². The molecule has 0 bridgehead atoms. The lowest BCUT2D eigenvalue weighted by Gasteiger charge is -2.34. The number of rotatable bonds is 7. The van der Waals surface area contributed by atoms with Crippen LogP contribution in [0.2, 0.25) is 0 Å². The number of para-hydroxylation sites is 1. The Bertz CT molecular complexity index is 951. The largest absolute Gasteiger partial charge is 0.492 e. The van der Waals surface area contributed by atoms with Gasteiger partial charge in [-0.25, -0.2) is 4.79 Å². The molecule has 1 unspecified atom stereocenters. The lowest BCUT2D eigenvalue weighted by atomic mass is 9.97. The Morgan fingerprint density at radius 3 is 2.72 bits per heavy atom. The molecule has 0 spiro atoms. The maximum Gasteiger partial charge on any atom is 0.332 e. The van der Waals surface area contributed by atoms with Gasteiger partial charge in [0, 0.05) is 32.7 Å². The summed E-state index contributed by atoms with van der Waals surface area (Å²) >= 11 is 0. The zero-order valence-electron chi connectivity index (χ0n) is 17.0. The van der Waals surface area contributed by atoms with E-state index in [1.807, 2.05) is 42.2 Å². The van der Waals surface area contributed by atoms with Crippen molar-refractivity contribution in [2.24, 2.45) is 13.0 Å². The van der Waals surface area contributed by atoms with E-state index >= 15 is 0 Å². The Labute approximate surface area is 169 Å². The third-order valence-corrected chi connectivity index (χ3v) is 5.22. The highest BCUT2D eigenvalue weighted by Crippen LogP contribution is 2.22. The van der Waals surface area contributed by atoms with Gasteiger partial charge in [-0.15, -0.1) is 0 Å². The molecule has 1 N–H and O–H groups in total. The summed E-state index contributed by atoms with van der Waals surface area (Å²) < 4.78 is 8.29. The summed E-state index contributed by atoms with van der Waals surface area (Å²) in [4.78, 5) is 39.1. The number of hydrogen-bond acceptors (Lipinski definition) is 5. The minimum atomic E-state index is -0.334. The van der Waals surface area contributed by atoms with Crippen LogP contribution in [-0.2, 0) is 18.4 Å². The first-order valence-electron chi connectivity index (χ1n) is 10.0. The molecule has 156 valence electrons. The van der Waals surface area contributed by atoms with Crippen LogP contribution in [-0.4, -0.2) is 41.3 Å². The number of nitrogens with zero attached hydrogens (tertiary/aromatic N) is 3. The number of ether oxygens (including phenoxy) is 1. The molecule has 1 amide bonds. The Balaban J connectivity index is 1.60. The maximum absolute atomic E-state index is 12.6. The minimum absolute atomic E-state index is 0.0272. The third kappa shape index (κ3) is 4.88. The van der Waals surface area contributed by atoms with Crippen molar-refractivity contribution in [3.05, 3.63) is 57.2 Å². The number of carbonyl (C=O) groups is 1. The molecule has 2 aromatic rings. The van der Waals surface area contributed by atoms with Crippen molar-refractivity contribution in [1.82, 2.24) is 14.5 Å². The van der Waals surface area contributed by atoms with E-state index in [4.69, 9.17) is 4.74 Å². The number of hydrogen-bond donors (Lipinski definition) is 1. The fourth-order valence-electron chi connectivity index (χ4n) is 3.62. The van der Waals surface area contributed by atoms with Gasteiger partial charge in [-0.1, -0.05) is 18.2 Å². The summed E-state index contributed by atoms with van der Waals surface area (Å²) in [7, 11) is 1.48. The topological polar surface area (TPSA) is 85.6 Å². The highest BCUT2D eigenvalue weighted by Gasteiger charge is 2.27. The fourth-order valence-corrected chi connectivity index (χ4v) is 3.62. The molecular weight excluding hydrogens is 372 g/mol. The molecule has 1 aliphatic rings. The Kier molecular flexibility index (Phi) is 6.74. The van der Waals surface area contributed by atoms with Crippen molar-refractivity contribution in [3.8, 4) is 5.75 Å². The summed E-state index contributed by atoms with van der Waals surface area (Å²) in [5.74, 6) is 1.14. The molecule has 1 aromatic carbocycles. The molecule has 29 heavy (non-hydrogen) atoms. The summed E-state index contributed by atoms with van der Waals surface area (Å²) in [6.45, 7) is 4.36. The fraction of sp³-hybridized carbons (Fsp3) is 0.476. The Morgan fingerprint density at radius 2 is 2.00 bits per heavy atom. The van der Waals surface area contributed by atoms with Crippen LogP contribution in [0.3, 0.4) is 0 Å². The summed E-state index contributed by atoms with van der Waals surface area (Å²) in [6, 6.07) is 11.0. The molecule has 1 aromatic heterocycles. The molecule has 1 aliphatic heterocycles. The normalized spacial score (nSPS) is 16.5. The van der Waals surface area contributed by atoms with Crippen molar-refractivity contribution < 1.29 is 9.53 Å². The SMILES string of the molecule is CCn1c(N2CCCC(C(=O)NCCOc3ccccc3)C2)cc(=O)n(C)c1=O. The Hall–Kier alpha value is -3.03. The van der Waals surface area contributed by atoms with Crippen LogP contribution in [0.15, 0.2) is 46.0 Å². The molecule has 1 atom stereocenters. The highest BCUT2D eigenvalue weighted by atomic mass is 16.5. The van der Waals surface area contributed by atoms with E-state index < -0.39 is 0 Å². The van der Waals surface area contributed by atoms with Crippen molar-refractivity contribution in [2.45, 2.75) is 26.3 Å². The molecule has 0 radical (unpaired) electrons. The van der Waals surface area contributed by atoms with Crippen molar-refractivity contribution in [2.75, 3.05) is 31.1 Å². The molecule has 3 rings (SSSR count). The Morgan fingerprint density at radius 1 is 1.24 bits per heavy atom. The second kappa shape index (κ2) is 9.45. The average molecular weight is 400 g/mol. The lowest BCUT2D eigenvalue weighted by molar-refractivity contribution is -0.125. The van der Waals surface area contributed by atoms with Gasteiger partial charge < -0.3 is 15.0 Å². The van der Waals surface area contributed by atoms with E-state index in [9.17, 15) is 14.4 Å². The first-order valence-corrected chi connectivity index (χ1v) is 10.0. The molecule has 0 saturated carbocycles. The quantitative estimate of drug-likeness (QED) is 0.701. The number of carbonyl (C=O) groups excluding carboxylic acids is 1. The predicted octanol–water partition coefficient (Wildman–Crippen LogP) is 0.979. The molecule has 8 nitrogen and oxygen atoms in total. The molecule has 0 aliphatic carbocycles. The van der Waals surface area contributed by atoms with Crippen LogP contribution in [0.4, 0.5) is 5.82 Å². The highest BCUT2D eigenvalue weighted by molar-refractivity contribution is 5.79. The van der Waals surface area contributed by atoms with Crippen LogP contribution >= 0.6 is 0 Å². The number of piperidine rings is 1. The molecule has 1 saturated heterocycles. The van der Waals surface area contributed by atoms with Crippen molar-refractivity contribution in [3.63, 3.8) is 0 Å². The van der Waals surface area contributed by atoms with E-state index in [-0.39, 0.29) is 23.1 Å². The summed E-state index contributed by atoms with van der Waals surface area (Å²) in [5.41, 5.74) is -0.668. The number of aromatic nitrogens is 2. The van der Waals surface area contributed by atoms with Crippen LogP contribution in [0.5, 0.6) is 5.75 Å². The standard InChI is InChI=1S/C21H28N4O4/c1-3-25-18(14-19(26)23(2)21(25)28)24-12-7-8-16(15-24)20(27)22-11-13-29-17-9-5-4-6-10-17/h4-6,9-10,14,16H,3,7-8,11-13,15H2,1-2H3,(H,22,27). The minimum Gasteiger partial charge on any atom is -0.492 e. The monoisotopic (exact) mass is 400 g/mol. The van der Waals surface area contributed by atoms with E-state index in [0.29, 0.717) is 38.6 Å². The van der Waals surface area contributed by atoms with Gasteiger partial charge in [0.05, 0.1) is 12.5 Å². The van der Waals surface area contributed by atoms with E-state index in [1.54, 1.807) is 4.57 Å². The van der Waals surface area contributed by atoms with Crippen molar-refractivity contribution >= 4 is 11.7 Å². The number of benzene rings is 1. The lowest BCUT2D eigenvalue weighted by Crippen LogP contribution is -2.47. The van der Waals surface area contributed by atoms with Gasteiger partial charge in [0.1, 0.15) is 18.2 Å². The summed E-state index contributed by atoms with van der Waals surface area (Å²) in [5, 5.41) is 2.93. The number of nitrogens with one attached hydrogen (secondary N) is 1. The van der Waals surface area contributed by atoms with Crippen LogP contribution < -0.4 is 26.2 Å². The van der Waals surface area contributed by atoms with E-state index in [0.717, 1.165) is 23.2 Å². The molecule has 8 heteroatoms. The predicted molar refractivity (Wildman–Crippen MR) is 112 cm³/mol. The van der Waals surface area contributed by atoms with Crippen LogP contribution in [0, 0.1) is 5.92 Å². The second-order valence-corrected chi connectivity index (χ2v) is 7.16. The molecule has 2 heterocycles. The van der Waals surface area contributed by atoms with Gasteiger partial charge in [-0.2, -0.15) is 0 Å². The summed E-state index contributed by atoms with van der Waals surface area (Å²) in [6.07, 6.45) is 1.61. The van der Waals surface area contributed by atoms with Gasteiger partial charge >= 0.3 is 5.69 Å². The molecule has 1 fully saturated rings. The second-order valence-electron chi connectivity index (χ2n) is 7.16. The zero-order chi connectivity index (χ0) is 20.8. The van der Waals surface area contributed by atoms with Crippen LogP contribution in [0.1, 0.15) is 19.8 Å². The zero-order valence-corrected chi connectivity index (χ0v) is 17.0. The van der Waals surface area contributed by atoms with Gasteiger partial charge in [-0.3, -0.25) is 18.7 Å².